The van der Waals surface area contributed by atoms with Crippen molar-refractivity contribution in [2.45, 2.75) is 42.9 Å². The molecule has 5 nitrogen and oxygen atoms in total. The normalized spacial score (nSPS) is 16.3. The topological polar surface area (TPSA) is 69.7 Å². The highest BCUT2D eigenvalue weighted by molar-refractivity contribution is 7.90. The lowest BCUT2D eigenvalue weighted by atomic mass is 9.83. The minimum absolute atomic E-state index is 0.144. The molecule has 0 aromatic heterocycles. The number of esters is 1. The average Bonchev–Trinajstić information content (AvgIpc) is 2.52. The quantitative estimate of drug-likeness (QED) is 0.796. The van der Waals surface area contributed by atoms with Gasteiger partial charge < -0.3 is 9.47 Å². The summed E-state index contributed by atoms with van der Waals surface area (Å²) in [7, 11) is -0.710. The molecule has 0 amide bonds. The largest absolute Gasteiger partial charge is 0.496 e. The zero-order valence-electron chi connectivity index (χ0n) is 13.2. The van der Waals surface area contributed by atoms with Crippen LogP contribution in [0, 0.1) is 0 Å². The molecule has 0 heterocycles. The van der Waals surface area contributed by atoms with E-state index in [0.717, 1.165) is 31.2 Å². The van der Waals surface area contributed by atoms with Gasteiger partial charge in [-0.05, 0) is 36.5 Å². The second kappa shape index (κ2) is 6.69. The van der Waals surface area contributed by atoms with E-state index < -0.39 is 15.8 Å². The monoisotopic (exact) mass is 326 g/mol. The molecule has 1 aliphatic rings. The Labute approximate surface area is 131 Å². The van der Waals surface area contributed by atoms with Crippen LogP contribution >= 0.6 is 0 Å². The summed E-state index contributed by atoms with van der Waals surface area (Å²) in [6, 6.07) is 3.09. The molecule has 22 heavy (non-hydrogen) atoms. The first kappa shape index (κ1) is 16.8. The molecule has 0 bridgehead atoms. The molecule has 0 unspecified atom stereocenters. The predicted molar refractivity (Wildman–Crippen MR) is 83.3 cm³/mol. The molecule has 0 saturated heterocycles. The van der Waals surface area contributed by atoms with Crippen molar-refractivity contribution in [3.63, 3.8) is 0 Å². The van der Waals surface area contributed by atoms with Gasteiger partial charge in [0.05, 0.1) is 19.1 Å². The van der Waals surface area contributed by atoms with Crippen molar-refractivity contribution >= 4 is 15.8 Å². The Kier molecular flexibility index (Phi) is 5.11. The van der Waals surface area contributed by atoms with Crippen LogP contribution in [0.1, 0.15) is 53.9 Å². The highest BCUT2D eigenvalue weighted by Crippen LogP contribution is 2.39. The molecule has 2 rings (SSSR count). The van der Waals surface area contributed by atoms with Gasteiger partial charge in [0.1, 0.15) is 11.3 Å². The summed E-state index contributed by atoms with van der Waals surface area (Å²) >= 11 is 0. The third-order valence-corrected chi connectivity index (χ3v) is 5.33. The van der Waals surface area contributed by atoms with Gasteiger partial charge >= 0.3 is 5.97 Å². The van der Waals surface area contributed by atoms with Gasteiger partial charge in [0, 0.05) is 6.26 Å². The first-order valence-corrected chi connectivity index (χ1v) is 9.28. The molecule has 0 radical (unpaired) electrons. The maximum absolute atomic E-state index is 12.2. The van der Waals surface area contributed by atoms with Gasteiger partial charge in [-0.15, -0.1) is 0 Å². The summed E-state index contributed by atoms with van der Waals surface area (Å²) in [5, 5.41) is 0. The molecule has 1 aromatic rings. The van der Waals surface area contributed by atoms with Crippen molar-refractivity contribution in [2.75, 3.05) is 20.5 Å². The minimum atomic E-state index is -3.44. The number of carbonyl (C=O) groups excluding carboxylic acids is 1. The molecule has 1 saturated carbocycles. The van der Waals surface area contributed by atoms with Crippen molar-refractivity contribution in [1.29, 1.82) is 0 Å². The van der Waals surface area contributed by atoms with Crippen molar-refractivity contribution in [1.82, 2.24) is 0 Å². The van der Waals surface area contributed by atoms with Crippen molar-refractivity contribution in [3.8, 4) is 5.75 Å². The predicted octanol–water partition coefficient (Wildman–Crippen LogP) is 2.93. The maximum atomic E-state index is 12.2. The van der Waals surface area contributed by atoms with Gasteiger partial charge in [-0.2, -0.15) is 0 Å². The Morgan fingerprint density at radius 2 is 1.77 bits per heavy atom. The lowest BCUT2D eigenvalue weighted by molar-refractivity contribution is 0.0596. The number of sulfone groups is 1. The summed E-state index contributed by atoms with van der Waals surface area (Å²) < 4.78 is 34.3. The van der Waals surface area contributed by atoms with Crippen LogP contribution in [0.4, 0.5) is 0 Å². The molecule has 0 N–H and O–H groups in total. The molecule has 6 heteroatoms. The Hall–Kier alpha value is -1.56. The van der Waals surface area contributed by atoms with Gasteiger partial charge in [0.15, 0.2) is 9.84 Å². The minimum Gasteiger partial charge on any atom is -0.496 e. The van der Waals surface area contributed by atoms with Crippen LogP contribution in [0.5, 0.6) is 5.75 Å². The fourth-order valence-electron chi connectivity index (χ4n) is 3.07. The Morgan fingerprint density at radius 1 is 1.14 bits per heavy atom. The number of benzene rings is 1. The highest BCUT2D eigenvalue weighted by atomic mass is 32.2. The van der Waals surface area contributed by atoms with E-state index in [4.69, 9.17) is 9.47 Å². The zero-order chi connectivity index (χ0) is 16.3. The molecule has 1 aliphatic carbocycles. The first-order valence-electron chi connectivity index (χ1n) is 7.38. The van der Waals surface area contributed by atoms with Crippen LogP contribution in [0.2, 0.25) is 0 Å². The zero-order valence-corrected chi connectivity index (χ0v) is 14.0. The van der Waals surface area contributed by atoms with Crippen LogP contribution in [0.25, 0.3) is 0 Å². The van der Waals surface area contributed by atoms with Crippen LogP contribution in [-0.2, 0) is 14.6 Å². The summed E-state index contributed by atoms with van der Waals surface area (Å²) in [5.74, 6) is -0.0455. The van der Waals surface area contributed by atoms with Gasteiger partial charge in [-0.3, -0.25) is 0 Å². The molecule has 122 valence electrons. The molecular formula is C16H22O5S. The average molecular weight is 326 g/mol. The smallest absolute Gasteiger partial charge is 0.341 e. The van der Waals surface area contributed by atoms with E-state index in [1.807, 2.05) is 0 Å². The lowest BCUT2D eigenvalue weighted by Gasteiger charge is -2.25. The summed E-state index contributed by atoms with van der Waals surface area (Å²) in [4.78, 5) is 12.1. The molecule has 0 atom stereocenters. The standard InChI is InChI=1S/C16H22O5S/c1-20-14-9-12(11-7-5-4-6-8-11)15(22(3,18)19)10-13(14)16(17)21-2/h9-11H,4-8H2,1-3H3. The van der Waals surface area contributed by atoms with E-state index >= 15 is 0 Å². The Morgan fingerprint density at radius 3 is 2.27 bits per heavy atom. The van der Waals surface area contributed by atoms with Crippen LogP contribution in [0.15, 0.2) is 17.0 Å². The molecule has 0 aliphatic heterocycles. The van der Waals surface area contributed by atoms with E-state index in [1.165, 1.54) is 33.0 Å². The highest BCUT2D eigenvalue weighted by Gasteiger charge is 2.27. The summed E-state index contributed by atoms with van der Waals surface area (Å²) in [6.45, 7) is 0. The van der Waals surface area contributed by atoms with Crippen molar-refractivity contribution < 1.29 is 22.7 Å². The van der Waals surface area contributed by atoms with E-state index in [1.54, 1.807) is 6.07 Å². The lowest BCUT2D eigenvalue weighted by Crippen LogP contribution is -2.13. The van der Waals surface area contributed by atoms with Crippen LogP contribution < -0.4 is 4.74 Å². The van der Waals surface area contributed by atoms with Crippen LogP contribution in [0.3, 0.4) is 0 Å². The van der Waals surface area contributed by atoms with Gasteiger partial charge in [-0.1, -0.05) is 19.3 Å². The molecular weight excluding hydrogens is 304 g/mol. The Bertz CT molecular complexity index is 657. The second-order valence-electron chi connectivity index (χ2n) is 5.69. The summed E-state index contributed by atoms with van der Waals surface area (Å²) in [6.07, 6.45) is 6.46. The van der Waals surface area contributed by atoms with E-state index in [0.29, 0.717) is 5.75 Å². The third-order valence-electron chi connectivity index (χ3n) is 4.18. The molecule has 0 spiro atoms. The SMILES string of the molecule is COC(=O)c1cc(S(C)(=O)=O)c(C2CCCCC2)cc1OC. The number of hydrogen-bond acceptors (Lipinski definition) is 5. The fraction of sp³-hybridized carbons (Fsp3) is 0.562. The van der Waals surface area contributed by atoms with Gasteiger partial charge in [0.25, 0.3) is 0 Å². The molecule has 1 aromatic carbocycles. The number of rotatable bonds is 4. The number of methoxy groups -OCH3 is 2. The fourth-order valence-corrected chi connectivity index (χ4v) is 4.05. The van der Waals surface area contributed by atoms with E-state index in [2.05, 4.69) is 0 Å². The Balaban J connectivity index is 2.63. The summed E-state index contributed by atoms with van der Waals surface area (Å²) in [5.41, 5.74) is 0.900. The van der Waals surface area contributed by atoms with Crippen molar-refractivity contribution in [3.05, 3.63) is 23.3 Å². The number of ether oxygens (including phenoxy) is 2. The third kappa shape index (κ3) is 3.43. The van der Waals surface area contributed by atoms with E-state index in [9.17, 15) is 13.2 Å². The van der Waals surface area contributed by atoms with E-state index in [-0.39, 0.29) is 16.4 Å². The van der Waals surface area contributed by atoms with Crippen LogP contribution in [-0.4, -0.2) is 34.9 Å². The van der Waals surface area contributed by atoms with Gasteiger partial charge in [-0.25, -0.2) is 13.2 Å². The maximum Gasteiger partial charge on any atom is 0.341 e. The number of carbonyl (C=O) groups is 1. The molecule has 1 fully saturated rings. The number of hydrogen-bond donors (Lipinski definition) is 0. The van der Waals surface area contributed by atoms with Gasteiger partial charge in [0.2, 0.25) is 0 Å². The first-order chi connectivity index (χ1) is 10.4. The van der Waals surface area contributed by atoms with Crippen molar-refractivity contribution in [2.24, 2.45) is 0 Å². The second-order valence-corrected chi connectivity index (χ2v) is 7.67.